The second-order valence-electron chi connectivity index (χ2n) is 7.49. The zero-order chi connectivity index (χ0) is 21.1. The van der Waals surface area contributed by atoms with Crippen molar-refractivity contribution in [2.45, 2.75) is 13.8 Å². The number of carbonyl (C=O) groups excluding carboxylic acids is 1. The van der Waals surface area contributed by atoms with Crippen LogP contribution in [0.3, 0.4) is 0 Å². The predicted octanol–water partition coefficient (Wildman–Crippen LogP) is 4.04. The summed E-state index contributed by atoms with van der Waals surface area (Å²) in [5, 5.41) is 0. The molecule has 154 valence electrons. The van der Waals surface area contributed by atoms with Gasteiger partial charge in [0.25, 0.3) is 0 Å². The molecule has 0 unspecified atom stereocenters. The number of Topliss-reactive ketones (excluding diaryl/α,β-unsaturated/α-hetero) is 1. The van der Waals surface area contributed by atoms with E-state index in [9.17, 15) is 4.79 Å². The number of nitrogen functional groups attached to an aromatic ring is 1. The van der Waals surface area contributed by atoms with Crippen LogP contribution in [0.15, 0.2) is 35.9 Å². The smallest absolute Gasteiger partial charge is 0.189 e. The zero-order valence-corrected chi connectivity index (χ0v) is 17.6. The maximum absolute atomic E-state index is 13.3. The summed E-state index contributed by atoms with van der Waals surface area (Å²) in [5.74, 6) is 1.87. The number of carbonyl (C=O) groups is 1. The summed E-state index contributed by atoms with van der Waals surface area (Å²) < 4.78 is 16.8. The van der Waals surface area contributed by atoms with Crippen LogP contribution in [-0.4, -0.2) is 40.2 Å². The highest BCUT2D eigenvalue weighted by atomic mass is 16.6. The van der Waals surface area contributed by atoms with E-state index in [1.165, 1.54) is 0 Å². The number of ether oxygens (including phenoxy) is 3. The molecule has 0 bridgehead atoms. The molecule has 3 rings (SSSR count). The molecule has 6 nitrogen and oxygen atoms in total. The van der Waals surface area contributed by atoms with Crippen molar-refractivity contribution in [1.29, 1.82) is 0 Å². The maximum Gasteiger partial charge on any atom is 0.189 e. The zero-order valence-electron chi connectivity index (χ0n) is 17.6. The number of hydrogen-bond acceptors (Lipinski definition) is 6. The van der Waals surface area contributed by atoms with Crippen LogP contribution in [0.4, 0.5) is 11.4 Å². The molecule has 0 saturated carbocycles. The molecule has 2 aromatic carbocycles. The summed E-state index contributed by atoms with van der Waals surface area (Å²) in [5.41, 5.74) is 9.59. The van der Waals surface area contributed by atoms with Crippen molar-refractivity contribution in [2.24, 2.45) is 5.92 Å². The first-order valence-electron chi connectivity index (χ1n) is 9.62. The molecule has 2 aromatic rings. The third kappa shape index (κ3) is 4.31. The van der Waals surface area contributed by atoms with Gasteiger partial charge in [-0.3, -0.25) is 4.79 Å². The molecule has 1 heterocycles. The quantitative estimate of drug-likeness (QED) is 0.451. The van der Waals surface area contributed by atoms with E-state index < -0.39 is 0 Å². The first-order chi connectivity index (χ1) is 13.8. The van der Waals surface area contributed by atoms with Gasteiger partial charge in [0.1, 0.15) is 19.0 Å². The molecule has 1 aliphatic heterocycles. The van der Waals surface area contributed by atoms with Crippen molar-refractivity contribution in [3.05, 3.63) is 47.0 Å². The number of methoxy groups -OCH3 is 1. The lowest BCUT2D eigenvalue weighted by atomic mass is 9.91. The van der Waals surface area contributed by atoms with Gasteiger partial charge in [-0.1, -0.05) is 13.8 Å². The van der Waals surface area contributed by atoms with Gasteiger partial charge in [0.05, 0.1) is 18.5 Å². The number of hydrogen-bond donors (Lipinski definition) is 1. The van der Waals surface area contributed by atoms with Crippen LogP contribution in [-0.2, 0) is 0 Å². The number of anilines is 2. The molecule has 0 saturated heterocycles. The average Bonchev–Trinajstić information content (AvgIpc) is 2.70. The Bertz CT molecular complexity index is 948. The van der Waals surface area contributed by atoms with E-state index in [2.05, 4.69) is 0 Å². The van der Waals surface area contributed by atoms with E-state index in [1.807, 2.05) is 57.1 Å². The summed E-state index contributed by atoms with van der Waals surface area (Å²) in [6, 6.07) is 9.06. The largest absolute Gasteiger partial charge is 0.496 e. The third-order valence-corrected chi connectivity index (χ3v) is 4.86. The fourth-order valence-electron chi connectivity index (χ4n) is 3.31. The Morgan fingerprint density at radius 2 is 1.79 bits per heavy atom. The number of benzene rings is 2. The van der Waals surface area contributed by atoms with Crippen LogP contribution in [0.2, 0.25) is 0 Å². The molecule has 0 aromatic heterocycles. The molecule has 0 aliphatic carbocycles. The molecule has 29 heavy (non-hydrogen) atoms. The second kappa shape index (κ2) is 8.47. The number of nitrogens with zero attached hydrogens (tertiary/aromatic N) is 1. The molecule has 0 amide bonds. The van der Waals surface area contributed by atoms with E-state index in [0.717, 1.165) is 11.3 Å². The molecular weight excluding hydrogens is 368 g/mol. The van der Waals surface area contributed by atoms with Gasteiger partial charge in [-0.15, -0.1) is 0 Å². The van der Waals surface area contributed by atoms with Crippen LogP contribution < -0.4 is 24.8 Å². The van der Waals surface area contributed by atoms with Crippen molar-refractivity contribution in [3.63, 3.8) is 0 Å². The van der Waals surface area contributed by atoms with E-state index in [1.54, 1.807) is 19.2 Å². The van der Waals surface area contributed by atoms with E-state index >= 15 is 0 Å². The fourth-order valence-corrected chi connectivity index (χ4v) is 3.31. The minimum Gasteiger partial charge on any atom is -0.496 e. The topological polar surface area (TPSA) is 74.0 Å². The summed E-state index contributed by atoms with van der Waals surface area (Å²) in [7, 11) is 5.43. The van der Waals surface area contributed by atoms with Gasteiger partial charge >= 0.3 is 0 Å². The van der Waals surface area contributed by atoms with Gasteiger partial charge < -0.3 is 24.8 Å². The lowest BCUT2D eigenvalue weighted by molar-refractivity contribution is 0.102. The SMILES string of the molecule is COc1cc2c(cc1C=C(C(=O)c1ccc(N(C)C)c(N)c1)C(C)C)OCCO2. The van der Waals surface area contributed by atoms with Gasteiger partial charge in [-0.2, -0.15) is 0 Å². The molecular formula is C23H28N2O4. The summed E-state index contributed by atoms with van der Waals surface area (Å²) in [6.45, 7) is 4.99. The minimum atomic E-state index is -0.0612. The highest BCUT2D eigenvalue weighted by Gasteiger charge is 2.20. The Morgan fingerprint density at radius 3 is 2.34 bits per heavy atom. The van der Waals surface area contributed by atoms with Gasteiger partial charge in [-0.05, 0) is 36.3 Å². The van der Waals surface area contributed by atoms with E-state index in [-0.39, 0.29) is 11.7 Å². The van der Waals surface area contributed by atoms with Gasteiger partial charge in [-0.25, -0.2) is 0 Å². The Balaban J connectivity index is 2.03. The highest BCUT2D eigenvalue weighted by molar-refractivity contribution is 6.12. The molecule has 0 spiro atoms. The third-order valence-electron chi connectivity index (χ3n) is 4.86. The van der Waals surface area contributed by atoms with Crippen LogP contribution in [0.5, 0.6) is 17.2 Å². The molecule has 2 N–H and O–H groups in total. The van der Waals surface area contributed by atoms with Crippen LogP contribution >= 0.6 is 0 Å². The van der Waals surface area contributed by atoms with Crippen molar-refractivity contribution in [1.82, 2.24) is 0 Å². The van der Waals surface area contributed by atoms with Crippen molar-refractivity contribution < 1.29 is 19.0 Å². The highest BCUT2D eigenvalue weighted by Crippen LogP contribution is 2.38. The van der Waals surface area contributed by atoms with Gasteiger partial charge in [0, 0.05) is 36.9 Å². The number of fused-ring (bicyclic) bond motifs is 1. The molecule has 0 fully saturated rings. The minimum absolute atomic E-state index is 0.00940. The number of nitrogens with two attached hydrogens (primary N) is 1. The Morgan fingerprint density at radius 1 is 1.14 bits per heavy atom. The van der Waals surface area contributed by atoms with Crippen LogP contribution in [0.1, 0.15) is 29.8 Å². The molecule has 6 heteroatoms. The van der Waals surface area contributed by atoms with Crippen molar-refractivity contribution in [3.8, 4) is 17.2 Å². The van der Waals surface area contributed by atoms with Crippen molar-refractivity contribution in [2.75, 3.05) is 45.1 Å². The van der Waals surface area contributed by atoms with Crippen molar-refractivity contribution >= 4 is 23.2 Å². The average molecular weight is 396 g/mol. The number of rotatable bonds is 6. The van der Waals surface area contributed by atoms with Crippen LogP contribution in [0, 0.1) is 5.92 Å². The summed E-state index contributed by atoms with van der Waals surface area (Å²) >= 11 is 0. The Kier molecular flexibility index (Phi) is 6.01. The summed E-state index contributed by atoms with van der Waals surface area (Å²) in [6.07, 6.45) is 1.86. The molecule has 0 atom stereocenters. The first kappa shape index (κ1) is 20.6. The Labute approximate surface area is 171 Å². The lowest BCUT2D eigenvalue weighted by Gasteiger charge is -2.20. The fraction of sp³-hybridized carbons (Fsp3) is 0.348. The number of ketones is 1. The second-order valence-corrected chi connectivity index (χ2v) is 7.49. The Hall–Kier alpha value is -3.15. The summed E-state index contributed by atoms with van der Waals surface area (Å²) in [4.78, 5) is 15.2. The van der Waals surface area contributed by atoms with Gasteiger partial charge in [0.15, 0.2) is 17.3 Å². The van der Waals surface area contributed by atoms with Crippen LogP contribution in [0.25, 0.3) is 6.08 Å². The lowest BCUT2D eigenvalue weighted by Crippen LogP contribution is -2.15. The normalized spacial score (nSPS) is 13.4. The molecule has 1 aliphatic rings. The first-order valence-corrected chi connectivity index (χ1v) is 9.62. The standard InChI is InChI=1S/C23H28N2O4/c1-14(2)17(23(26)15-6-7-19(25(3)4)18(24)11-15)10-16-12-21-22(13-20(16)27-5)29-9-8-28-21/h6-7,10-14H,8-9,24H2,1-5H3. The molecule has 0 radical (unpaired) electrons. The maximum atomic E-state index is 13.3. The van der Waals surface area contributed by atoms with Gasteiger partial charge in [0.2, 0.25) is 0 Å². The monoisotopic (exact) mass is 396 g/mol. The number of allylic oxidation sites excluding steroid dienone is 1. The predicted molar refractivity (Wildman–Crippen MR) is 116 cm³/mol. The van der Waals surface area contributed by atoms with E-state index in [0.29, 0.717) is 47.3 Å². The van der Waals surface area contributed by atoms with E-state index in [4.69, 9.17) is 19.9 Å².